The van der Waals surface area contributed by atoms with Gasteiger partial charge in [0.05, 0.1) is 0 Å². The van der Waals surface area contributed by atoms with Crippen LogP contribution in [0.25, 0.3) is 0 Å². The molecule has 0 fully saturated rings. The molecule has 0 aliphatic carbocycles. The van der Waals surface area contributed by atoms with E-state index in [-0.39, 0.29) is 11.6 Å². The molecule has 0 heterocycles. The number of benzene rings is 1. The highest BCUT2D eigenvalue weighted by Crippen LogP contribution is 2.15. The first-order valence-electron chi connectivity index (χ1n) is 5.86. The van der Waals surface area contributed by atoms with Gasteiger partial charge in [-0.25, -0.2) is 8.78 Å². The maximum Gasteiger partial charge on any atom is 0.129 e. The van der Waals surface area contributed by atoms with Crippen LogP contribution in [0.15, 0.2) is 29.8 Å². The van der Waals surface area contributed by atoms with Crippen LogP contribution in [0.4, 0.5) is 8.78 Å². The van der Waals surface area contributed by atoms with Crippen molar-refractivity contribution in [3.05, 3.63) is 47.0 Å². The molecule has 0 aliphatic heterocycles. The van der Waals surface area contributed by atoms with Gasteiger partial charge in [0, 0.05) is 11.6 Å². The normalized spacial score (nSPS) is 12.3. The molecule has 17 heavy (non-hydrogen) atoms. The molecule has 0 saturated heterocycles. The zero-order valence-electron chi connectivity index (χ0n) is 10.6. The van der Waals surface area contributed by atoms with Gasteiger partial charge in [-0.1, -0.05) is 24.6 Å². The molecule has 1 aromatic rings. The zero-order chi connectivity index (χ0) is 12.8. The molecule has 1 rings (SSSR count). The van der Waals surface area contributed by atoms with E-state index in [1.807, 2.05) is 26.8 Å². The van der Waals surface area contributed by atoms with Crippen LogP contribution in [-0.4, -0.2) is 12.6 Å². The molecule has 1 atom stereocenters. The van der Waals surface area contributed by atoms with Crippen LogP contribution < -0.4 is 5.32 Å². The molecule has 0 aromatic heterocycles. The van der Waals surface area contributed by atoms with Crippen LogP contribution in [0.2, 0.25) is 0 Å². The molecular formula is C14H19F2N. The molecular weight excluding hydrogens is 220 g/mol. The van der Waals surface area contributed by atoms with E-state index >= 15 is 0 Å². The highest BCUT2D eigenvalue weighted by Gasteiger charge is 2.13. The average Bonchev–Trinajstić information content (AvgIpc) is 2.23. The van der Waals surface area contributed by atoms with Gasteiger partial charge in [0.1, 0.15) is 11.6 Å². The van der Waals surface area contributed by atoms with Crippen molar-refractivity contribution in [2.75, 3.05) is 6.54 Å². The SMILES string of the molecule is CCNC(C=C(C)C)Cc1c(F)cccc1F. The van der Waals surface area contributed by atoms with Gasteiger partial charge >= 0.3 is 0 Å². The number of nitrogens with one attached hydrogen (secondary N) is 1. The van der Waals surface area contributed by atoms with Crippen molar-refractivity contribution in [2.45, 2.75) is 33.2 Å². The summed E-state index contributed by atoms with van der Waals surface area (Å²) in [4.78, 5) is 0. The summed E-state index contributed by atoms with van der Waals surface area (Å²) in [6.07, 6.45) is 2.33. The second kappa shape index (κ2) is 6.50. The fourth-order valence-electron chi connectivity index (χ4n) is 1.80. The van der Waals surface area contributed by atoms with Crippen molar-refractivity contribution in [1.29, 1.82) is 0 Å². The maximum absolute atomic E-state index is 13.5. The van der Waals surface area contributed by atoms with Gasteiger partial charge < -0.3 is 5.32 Å². The summed E-state index contributed by atoms with van der Waals surface area (Å²) >= 11 is 0. The fourth-order valence-corrected chi connectivity index (χ4v) is 1.80. The minimum atomic E-state index is -0.477. The van der Waals surface area contributed by atoms with E-state index in [4.69, 9.17) is 0 Å². The summed E-state index contributed by atoms with van der Waals surface area (Å²) in [6, 6.07) is 3.95. The third-order valence-electron chi connectivity index (χ3n) is 2.49. The predicted octanol–water partition coefficient (Wildman–Crippen LogP) is 3.45. The van der Waals surface area contributed by atoms with Crippen molar-refractivity contribution in [2.24, 2.45) is 0 Å². The lowest BCUT2D eigenvalue weighted by Gasteiger charge is -2.15. The Morgan fingerprint density at radius 3 is 2.35 bits per heavy atom. The summed E-state index contributed by atoms with van der Waals surface area (Å²) < 4.78 is 27.0. The van der Waals surface area contributed by atoms with Gasteiger partial charge in [-0.15, -0.1) is 0 Å². The molecule has 0 saturated carbocycles. The highest BCUT2D eigenvalue weighted by molar-refractivity contribution is 5.22. The van der Waals surface area contributed by atoms with E-state index in [1.165, 1.54) is 18.2 Å². The van der Waals surface area contributed by atoms with Crippen molar-refractivity contribution in [3.8, 4) is 0 Å². The molecule has 0 bridgehead atoms. The first-order valence-corrected chi connectivity index (χ1v) is 5.86. The van der Waals surface area contributed by atoms with Gasteiger partial charge in [-0.3, -0.25) is 0 Å². The Labute approximate surface area is 102 Å². The van der Waals surface area contributed by atoms with Crippen molar-refractivity contribution in [3.63, 3.8) is 0 Å². The Kier molecular flexibility index (Phi) is 5.29. The van der Waals surface area contributed by atoms with E-state index in [1.54, 1.807) is 0 Å². The van der Waals surface area contributed by atoms with Gasteiger partial charge in [0.25, 0.3) is 0 Å². The molecule has 1 N–H and O–H groups in total. The Hall–Kier alpha value is -1.22. The summed E-state index contributed by atoms with van der Waals surface area (Å²) in [5.74, 6) is -0.954. The third-order valence-corrected chi connectivity index (χ3v) is 2.49. The Morgan fingerprint density at radius 2 is 1.88 bits per heavy atom. The minimum Gasteiger partial charge on any atom is -0.310 e. The summed E-state index contributed by atoms with van der Waals surface area (Å²) in [5.41, 5.74) is 1.28. The topological polar surface area (TPSA) is 12.0 Å². The quantitative estimate of drug-likeness (QED) is 0.776. The number of allylic oxidation sites excluding steroid dienone is 1. The largest absolute Gasteiger partial charge is 0.310 e. The number of hydrogen-bond donors (Lipinski definition) is 1. The van der Waals surface area contributed by atoms with Crippen LogP contribution in [0.3, 0.4) is 0 Å². The molecule has 0 radical (unpaired) electrons. The van der Waals surface area contributed by atoms with Crippen molar-refractivity contribution >= 4 is 0 Å². The number of hydrogen-bond acceptors (Lipinski definition) is 1. The van der Waals surface area contributed by atoms with Crippen LogP contribution in [0.1, 0.15) is 26.3 Å². The van der Waals surface area contributed by atoms with Crippen LogP contribution in [0.5, 0.6) is 0 Å². The molecule has 0 aliphatic rings. The lowest BCUT2D eigenvalue weighted by atomic mass is 10.0. The molecule has 94 valence electrons. The Balaban J connectivity index is 2.89. The first kappa shape index (κ1) is 13.8. The van der Waals surface area contributed by atoms with Crippen molar-refractivity contribution < 1.29 is 8.78 Å². The van der Waals surface area contributed by atoms with E-state index < -0.39 is 11.6 Å². The summed E-state index contributed by atoms with van der Waals surface area (Å²) in [5, 5.41) is 3.21. The van der Waals surface area contributed by atoms with Crippen LogP contribution in [0, 0.1) is 11.6 Å². The number of rotatable bonds is 5. The molecule has 1 unspecified atom stereocenters. The summed E-state index contributed by atoms with van der Waals surface area (Å²) in [7, 11) is 0. The standard InChI is InChI=1S/C14H19F2N/c1-4-17-11(8-10(2)3)9-12-13(15)6-5-7-14(12)16/h5-8,11,17H,4,9H2,1-3H3. The third kappa shape index (κ3) is 4.27. The second-order valence-electron chi connectivity index (χ2n) is 4.31. The lowest BCUT2D eigenvalue weighted by Crippen LogP contribution is -2.30. The van der Waals surface area contributed by atoms with Crippen LogP contribution >= 0.6 is 0 Å². The smallest absolute Gasteiger partial charge is 0.129 e. The summed E-state index contributed by atoms with van der Waals surface area (Å²) in [6.45, 7) is 6.69. The zero-order valence-corrected chi connectivity index (χ0v) is 10.6. The van der Waals surface area contributed by atoms with Gasteiger partial charge in [0.2, 0.25) is 0 Å². The average molecular weight is 239 g/mol. The van der Waals surface area contributed by atoms with E-state index in [0.717, 1.165) is 12.1 Å². The van der Waals surface area contributed by atoms with Gasteiger partial charge in [-0.2, -0.15) is 0 Å². The molecule has 1 aromatic carbocycles. The number of halogens is 2. The molecule has 1 nitrogen and oxygen atoms in total. The Morgan fingerprint density at radius 1 is 1.29 bits per heavy atom. The highest BCUT2D eigenvalue weighted by atomic mass is 19.1. The Bertz CT molecular complexity index is 375. The van der Waals surface area contributed by atoms with E-state index in [0.29, 0.717) is 6.42 Å². The maximum atomic E-state index is 13.5. The number of likely N-dealkylation sites (N-methyl/N-ethyl adjacent to an activating group) is 1. The lowest BCUT2D eigenvalue weighted by molar-refractivity contribution is 0.526. The fraction of sp³-hybridized carbons (Fsp3) is 0.429. The molecule has 0 amide bonds. The van der Waals surface area contributed by atoms with Gasteiger partial charge in [0.15, 0.2) is 0 Å². The second-order valence-corrected chi connectivity index (χ2v) is 4.31. The first-order chi connectivity index (χ1) is 8.04. The van der Waals surface area contributed by atoms with Gasteiger partial charge in [-0.05, 0) is 38.9 Å². The minimum absolute atomic E-state index is 0.0311. The molecule has 0 spiro atoms. The van der Waals surface area contributed by atoms with Crippen molar-refractivity contribution in [1.82, 2.24) is 5.32 Å². The predicted molar refractivity (Wildman–Crippen MR) is 67.0 cm³/mol. The van der Waals surface area contributed by atoms with E-state index in [2.05, 4.69) is 5.32 Å². The van der Waals surface area contributed by atoms with Crippen LogP contribution in [-0.2, 0) is 6.42 Å². The monoisotopic (exact) mass is 239 g/mol. The van der Waals surface area contributed by atoms with E-state index in [9.17, 15) is 8.78 Å². The molecule has 3 heteroatoms.